The summed E-state index contributed by atoms with van der Waals surface area (Å²) < 4.78 is 6.02. The van der Waals surface area contributed by atoms with Gasteiger partial charge < -0.3 is 20.9 Å². The largest absolute Gasteiger partial charge is 0.390 e. The van der Waals surface area contributed by atoms with Crippen LogP contribution in [-0.2, 0) is 9.53 Å². The third-order valence-electron chi connectivity index (χ3n) is 3.40. The van der Waals surface area contributed by atoms with Crippen molar-refractivity contribution in [3.63, 3.8) is 0 Å². The fourth-order valence-electron chi connectivity index (χ4n) is 2.72. The van der Waals surface area contributed by atoms with E-state index in [1.807, 2.05) is 46.4 Å². The number of ether oxygens (including phenoxy) is 1. The number of nitrogens with one attached hydrogen (secondary N) is 1. The van der Waals surface area contributed by atoms with Gasteiger partial charge in [0.15, 0.2) is 0 Å². The maximum absolute atomic E-state index is 12.5. The molecule has 1 saturated heterocycles. The standard InChI is InChI=1S/C16H33N3O3/c1-15(2,3)18-14(21)13-7-12(22-16(4,5)6)10-19(13)9-11(20)8-17/h11-13,20H,7-10,17H2,1-6H3,(H,18,21)/t11?,12-,13+/m1/s1. The Morgan fingerprint density at radius 2 is 1.95 bits per heavy atom. The molecule has 1 heterocycles. The van der Waals surface area contributed by atoms with E-state index in [4.69, 9.17) is 10.5 Å². The van der Waals surface area contributed by atoms with E-state index in [1.165, 1.54) is 0 Å². The second-order valence-corrected chi connectivity index (χ2v) is 8.19. The first-order chi connectivity index (χ1) is 9.91. The average Bonchev–Trinajstić information content (AvgIpc) is 2.67. The van der Waals surface area contributed by atoms with Gasteiger partial charge in [0.25, 0.3) is 0 Å². The zero-order chi connectivity index (χ0) is 17.1. The predicted molar refractivity (Wildman–Crippen MR) is 87.6 cm³/mol. The van der Waals surface area contributed by atoms with Gasteiger partial charge >= 0.3 is 0 Å². The molecule has 0 spiro atoms. The van der Waals surface area contributed by atoms with E-state index in [-0.39, 0.29) is 35.7 Å². The van der Waals surface area contributed by atoms with Crippen LogP contribution < -0.4 is 11.1 Å². The Labute approximate surface area is 134 Å². The van der Waals surface area contributed by atoms with Gasteiger partial charge in [0.1, 0.15) is 0 Å². The van der Waals surface area contributed by atoms with Gasteiger partial charge in [0, 0.05) is 25.2 Å². The summed E-state index contributed by atoms with van der Waals surface area (Å²) in [6.07, 6.45) is -0.00441. The molecule has 0 aromatic heterocycles. The highest BCUT2D eigenvalue weighted by Crippen LogP contribution is 2.25. The molecule has 6 nitrogen and oxygen atoms in total. The summed E-state index contributed by atoms with van der Waals surface area (Å²) in [6.45, 7) is 13.1. The van der Waals surface area contributed by atoms with Crippen molar-refractivity contribution in [1.82, 2.24) is 10.2 Å². The highest BCUT2D eigenvalue weighted by molar-refractivity contribution is 5.82. The summed E-state index contributed by atoms with van der Waals surface area (Å²) >= 11 is 0. The van der Waals surface area contributed by atoms with Gasteiger partial charge in [-0.05, 0) is 48.0 Å². The fraction of sp³-hybridized carbons (Fsp3) is 0.938. The van der Waals surface area contributed by atoms with Crippen molar-refractivity contribution in [3.8, 4) is 0 Å². The molecule has 0 aliphatic carbocycles. The molecule has 1 rings (SSSR count). The van der Waals surface area contributed by atoms with Gasteiger partial charge in [0.2, 0.25) is 5.91 Å². The number of nitrogens with two attached hydrogens (primary N) is 1. The molecule has 4 N–H and O–H groups in total. The molecule has 0 aromatic carbocycles. The predicted octanol–water partition coefficient (Wildman–Crippen LogP) is 0.479. The van der Waals surface area contributed by atoms with E-state index in [0.717, 1.165) is 0 Å². The average molecular weight is 315 g/mol. The molecule has 3 atom stereocenters. The van der Waals surface area contributed by atoms with Crippen molar-refractivity contribution in [2.75, 3.05) is 19.6 Å². The Morgan fingerprint density at radius 1 is 1.36 bits per heavy atom. The number of carbonyl (C=O) groups excluding carboxylic acids is 1. The number of hydrogen-bond donors (Lipinski definition) is 3. The van der Waals surface area contributed by atoms with Crippen molar-refractivity contribution >= 4 is 5.91 Å². The summed E-state index contributed by atoms with van der Waals surface area (Å²) in [4.78, 5) is 14.5. The fourth-order valence-corrected chi connectivity index (χ4v) is 2.72. The Balaban J connectivity index is 2.78. The molecule has 22 heavy (non-hydrogen) atoms. The van der Waals surface area contributed by atoms with Gasteiger partial charge in [0.05, 0.1) is 23.9 Å². The zero-order valence-electron chi connectivity index (χ0n) is 14.8. The SMILES string of the molecule is CC(C)(C)NC(=O)[C@@H]1C[C@@H](OC(C)(C)C)CN1CC(O)CN. The van der Waals surface area contributed by atoms with E-state index >= 15 is 0 Å². The second-order valence-electron chi connectivity index (χ2n) is 8.19. The van der Waals surface area contributed by atoms with Gasteiger partial charge in [-0.2, -0.15) is 0 Å². The van der Waals surface area contributed by atoms with Crippen LogP contribution in [0.15, 0.2) is 0 Å². The number of β-amino-alcohol motifs (C(OH)–C–C–N with tert-alkyl or cyclic N) is 1. The summed E-state index contributed by atoms with van der Waals surface area (Å²) in [7, 11) is 0. The Kier molecular flexibility index (Phi) is 6.38. The maximum atomic E-state index is 12.5. The van der Waals surface area contributed by atoms with Crippen LogP contribution in [-0.4, -0.2) is 64.9 Å². The van der Waals surface area contributed by atoms with Crippen LogP contribution in [0.5, 0.6) is 0 Å². The lowest BCUT2D eigenvalue weighted by atomic mass is 10.1. The van der Waals surface area contributed by atoms with E-state index in [2.05, 4.69) is 5.32 Å². The lowest BCUT2D eigenvalue weighted by Crippen LogP contribution is -2.51. The Bertz CT molecular complexity index is 374. The molecule has 130 valence electrons. The van der Waals surface area contributed by atoms with Gasteiger partial charge in [-0.3, -0.25) is 9.69 Å². The van der Waals surface area contributed by atoms with Crippen molar-refractivity contribution in [2.45, 2.75) is 77.4 Å². The molecule has 1 amide bonds. The second kappa shape index (κ2) is 7.25. The van der Waals surface area contributed by atoms with Crippen molar-refractivity contribution in [3.05, 3.63) is 0 Å². The minimum absolute atomic E-state index is 0.0132. The number of nitrogens with zero attached hydrogens (tertiary/aromatic N) is 1. The summed E-state index contributed by atoms with van der Waals surface area (Å²) in [5.74, 6) is -0.0169. The first kappa shape index (κ1) is 19.4. The maximum Gasteiger partial charge on any atom is 0.237 e. The Hall–Kier alpha value is -0.690. The van der Waals surface area contributed by atoms with Gasteiger partial charge in [-0.1, -0.05) is 0 Å². The molecule has 1 aliphatic heterocycles. The van der Waals surface area contributed by atoms with E-state index in [0.29, 0.717) is 19.5 Å². The third-order valence-corrected chi connectivity index (χ3v) is 3.40. The number of aliphatic hydroxyl groups is 1. The monoisotopic (exact) mass is 315 g/mol. The van der Waals surface area contributed by atoms with Crippen LogP contribution in [0, 0.1) is 0 Å². The topological polar surface area (TPSA) is 87.8 Å². The number of amides is 1. The van der Waals surface area contributed by atoms with Crippen LogP contribution in [0.25, 0.3) is 0 Å². The van der Waals surface area contributed by atoms with E-state index in [1.54, 1.807) is 0 Å². The van der Waals surface area contributed by atoms with Crippen molar-refractivity contribution < 1.29 is 14.6 Å². The molecule has 0 radical (unpaired) electrons. The number of aliphatic hydroxyl groups excluding tert-OH is 1. The molecular formula is C16H33N3O3. The van der Waals surface area contributed by atoms with Crippen LogP contribution in [0.3, 0.4) is 0 Å². The quantitative estimate of drug-likeness (QED) is 0.687. The normalized spacial score (nSPS) is 25.3. The highest BCUT2D eigenvalue weighted by atomic mass is 16.5. The third kappa shape index (κ3) is 6.60. The molecule has 1 fully saturated rings. The van der Waals surface area contributed by atoms with E-state index < -0.39 is 6.10 Å². The summed E-state index contributed by atoms with van der Waals surface area (Å²) in [5, 5.41) is 12.8. The first-order valence-electron chi connectivity index (χ1n) is 8.03. The lowest BCUT2D eigenvalue weighted by molar-refractivity contribution is -0.127. The van der Waals surface area contributed by atoms with Crippen LogP contribution in [0.1, 0.15) is 48.0 Å². The molecule has 0 bridgehead atoms. The lowest BCUT2D eigenvalue weighted by Gasteiger charge is -2.29. The van der Waals surface area contributed by atoms with Crippen molar-refractivity contribution in [2.24, 2.45) is 5.73 Å². The van der Waals surface area contributed by atoms with Crippen molar-refractivity contribution in [1.29, 1.82) is 0 Å². The van der Waals surface area contributed by atoms with Gasteiger partial charge in [-0.15, -0.1) is 0 Å². The zero-order valence-corrected chi connectivity index (χ0v) is 14.8. The molecule has 0 aromatic rings. The minimum atomic E-state index is -0.627. The summed E-state index contributed by atoms with van der Waals surface area (Å²) in [5.41, 5.74) is 4.97. The molecule has 0 saturated carbocycles. The highest BCUT2D eigenvalue weighted by Gasteiger charge is 2.40. The smallest absolute Gasteiger partial charge is 0.237 e. The number of rotatable bonds is 5. The summed E-state index contributed by atoms with van der Waals surface area (Å²) in [6, 6.07) is -0.284. The molecule has 6 heteroatoms. The molecular weight excluding hydrogens is 282 g/mol. The van der Waals surface area contributed by atoms with E-state index in [9.17, 15) is 9.90 Å². The number of carbonyl (C=O) groups is 1. The Morgan fingerprint density at radius 3 is 2.41 bits per heavy atom. The minimum Gasteiger partial charge on any atom is -0.390 e. The first-order valence-corrected chi connectivity index (χ1v) is 8.03. The number of hydrogen-bond acceptors (Lipinski definition) is 5. The van der Waals surface area contributed by atoms with Crippen LogP contribution in [0.2, 0.25) is 0 Å². The number of likely N-dealkylation sites (tertiary alicyclic amines) is 1. The van der Waals surface area contributed by atoms with Gasteiger partial charge in [-0.25, -0.2) is 0 Å². The van der Waals surface area contributed by atoms with Crippen LogP contribution in [0.4, 0.5) is 0 Å². The molecule has 1 aliphatic rings. The van der Waals surface area contributed by atoms with Crippen LogP contribution >= 0.6 is 0 Å². The molecule has 1 unspecified atom stereocenters.